The smallest absolute Gasteiger partial charge is 0.412 e. The van der Waals surface area contributed by atoms with E-state index in [9.17, 15) is 14.4 Å². The molecule has 222 valence electrons. The Morgan fingerprint density at radius 1 is 1.00 bits per heavy atom. The highest BCUT2D eigenvalue weighted by molar-refractivity contribution is 6.06. The Balaban J connectivity index is 1.63. The fourth-order valence-corrected chi connectivity index (χ4v) is 4.17. The molecule has 1 aliphatic heterocycles. The summed E-state index contributed by atoms with van der Waals surface area (Å²) >= 11 is 0. The zero-order valence-corrected chi connectivity index (χ0v) is 24.8. The Bertz CT molecular complexity index is 1200. The standard InChI is InChI=1S/C31H43N5O5/c1-6-23(2)32-29(38)36(17-9-16-35-18-20-40-21-19-35)22-24-12-14-25(15-13-24)28(37)33-26-10-7-8-11-27(26)34-30(39)41-31(3,4)5/h6-8,10-15H,9,16-22H2,1-5H3,(H,32,38)(H,33,37)(H,34,39)/b23-6+. The molecule has 0 unspecified atom stereocenters. The minimum atomic E-state index is -0.644. The average Bonchev–Trinajstić information content (AvgIpc) is 2.93. The van der Waals surface area contributed by atoms with Crippen LogP contribution in [0, 0.1) is 0 Å². The molecule has 41 heavy (non-hydrogen) atoms. The number of urea groups is 1. The van der Waals surface area contributed by atoms with Crippen molar-refractivity contribution in [2.75, 3.05) is 50.0 Å². The van der Waals surface area contributed by atoms with Crippen LogP contribution in [0.3, 0.4) is 0 Å². The van der Waals surface area contributed by atoms with Crippen molar-refractivity contribution in [1.29, 1.82) is 0 Å². The number of nitrogens with one attached hydrogen (secondary N) is 3. The summed E-state index contributed by atoms with van der Waals surface area (Å²) in [4.78, 5) is 42.4. The first-order chi connectivity index (χ1) is 19.5. The van der Waals surface area contributed by atoms with Gasteiger partial charge in [-0.2, -0.15) is 0 Å². The van der Waals surface area contributed by atoms with Crippen LogP contribution < -0.4 is 16.0 Å². The lowest BCUT2D eigenvalue weighted by molar-refractivity contribution is 0.0364. The number of allylic oxidation sites excluding steroid dienone is 2. The number of hydrogen-bond donors (Lipinski definition) is 3. The first kappa shape index (κ1) is 31.6. The van der Waals surface area contributed by atoms with Crippen LogP contribution in [0.25, 0.3) is 0 Å². The molecule has 1 saturated heterocycles. The van der Waals surface area contributed by atoms with Gasteiger partial charge < -0.3 is 25.0 Å². The molecule has 0 atom stereocenters. The predicted molar refractivity (Wildman–Crippen MR) is 161 cm³/mol. The van der Waals surface area contributed by atoms with Crippen molar-refractivity contribution in [3.05, 3.63) is 71.4 Å². The van der Waals surface area contributed by atoms with Crippen molar-refractivity contribution >= 4 is 29.4 Å². The molecule has 0 bridgehead atoms. The molecule has 1 heterocycles. The van der Waals surface area contributed by atoms with Gasteiger partial charge in [-0.15, -0.1) is 0 Å². The van der Waals surface area contributed by atoms with Crippen LogP contribution in [0.2, 0.25) is 0 Å². The second kappa shape index (κ2) is 15.2. The van der Waals surface area contributed by atoms with E-state index in [0.29, 0.717) is 30.0 Å². The molecule has 3 N–H and O–H groups in total. The van der Waals surface area contributed by atoms with Gasteiger partial charge in [0.25, 0.3) is 5.91 Å². The fourth-order valence-electron chi connectivity index (χ4n) is 4.17. The summed E-state index contributed by atoms with van der Waals surface area (Å²) in [7, 11) is 0. The average molecular weight is 566 g/mol. The maximum absolute atomic E-state index is 13.0. The van der Waals surface area contributed by atoms with Crippen molar-refractivity contribution in [3.63, 3.8) is 0 Å². The zero-order valence-electron chi connectivity index (χ0n) is 24.8. The van der Waals surface area contributed by atoms with Gasteiger partial charge in [-0.05, 0) is 70.9 Å². The third kappa shape index (κ3) is 10.9. The van der Waals surface area contributed by atoms with Gasteiger partial charge in [-0.25, -0.2) is 9.59 Å². The fraction of sp³-hybridized carbons (Fsp3) is 0.452. The molecule has 10 heteroatoms. The molecule has 2 aromatic carbocycles. The van der Waals surface area contributed by atoms with Gasteiger partial charge in [0.1, 0.15) is 5.60 Å². The number of nitrogens with zero attached hydrogens (tertiary/aromatic N) is 2. The lowest BCUT2D eigenvalue weighted by Crippen LogP contribution is -2.41. The van der Waals surface area contributed by atoms with Gasteiger partial charge in [0.05, 0.1) is 24.6 Å². The maximum atomic E-state index is 13.0. The highest BCUT2D eigenvalue weighted by Crippen LogP contribution is 2.23. The molecule has 10 nitrogen and oxygen atoms in total. The molecule has 1 aliphatic rings. The zero-order chi connectivity index (χ0) is 29.8. The van der Waals surface area contributed by atoms with E-state index in [1.54, 1.807) is 62.1 Å². The van der Waals surface area contributed by atoms with Gasteiger partial charge in [-0.3, -0.25) is 15.0 Å². The summed E-state index contributed by atoms with van der Waals surface area (Å²) < 4.78 is 10.7. The number of benzene rings is 2. The van der Waals surface area contributed by atoms with Crippen LogP contribution in [-0.2, 0) is 16.0 Å². The molecule has 0 radical (unpaired) electrons. The van der Waals surface area contributed by atoms with E-state index >= 15 is 0 Å². The number of amides is 4. The number of morpholine rings is 1. The Morgan fingerprint density at radius 2 is 1.63 bits per heavy atom. The van der Waals surface area contributed by atoms with Crippen molar-refractivity contribution in [2.45, 2.75) is 53.2 Å². The molecule has 0 spiro atoms. The summed E-state index contributed by atoms with van der Waals surface area (Å²) in [6.07, 6.45) is 2.10. The maximum Gasteiger partial charge on any atom is 0.412 e. The summed E-state index contributed by atoms with van der Waals surface area (Å²) in [6.45, 7) is 14.3. The van der Waals surface area contributed by atoms with Gasteiger partial charge in [0.15, 0.2) is 0 Å². The van der Waals surface area contributed by atoms with Crippen LogP contribution in [0.4, 0.5) is 21.0 Å². The van der Waals surface area contributed by atoms with Crippen molar-refractivity contribution in [3.8, 4) is 0 Å². The summed E-state index contributed by atoms with van der Waals surface area (Å²) in [5, 5.41) is 8.48. The van der Waals surface area contributed by atoms with E-state index in [0.717, 1.165) is 50.5 Å². The molecule has 1 fully saturated rings. The van der Waals surface area contributed by atoms with Crippen molar-refractivity contribution in [2.24, 2.45) is 0 Å². The van der Waals surface area contributed by atoms with Gasteiger partial charge in [-0.1, -0.05) is 30.3 Å². The third-order valence-electron chi connectivity index (χ3n) is 6.43. The number of anilines is 2. The highest BCUT2D eigenvalue weighted by Gasteiger charge is 2.19. The molecular formula is C31H43N5O5. The van der Waals surface area contributed by atoms with Crippen molar-refractivity contribution < 1.29 is 23.9 Å². The van der Waals surface area contributed by atoms with E-state index in [1.165, 1.54) is 0 Å². The Morgan fingerprint density at radius 3 is 2.24 bits per heavy atom. The van der Waals surface area contributed by atoms with Crippen LogP contribution >= 0.6 is 0 Å². The van der Waals surface area contributed by atoms with Crippen LogP contribution in [0.15, 0.2) is 60.3 Å². The number of carbonyl (C=O) groups excluding carboxylic acids is 3. The first-order valence-electron chi connectivity index (χ1n) is 14.0. The third-order valence-corrected chi connectivity index (χ3v) is 6.43. The lowest BCUT2D eigenvalue weighted by atomic mass is 10.1. The van der Waals surface area contributed by atoms with Crippen LogP contribution in [-0.4, -0.2) is 72.8 Å². The minimum absolute atomic E-state index is 0.154. The van der Waals surface area contributed by atoms with E-state index < -0.39 is 11.7 Å². The monoisotopic (exact) mass is 565 g/mol. The Hall–Kier alpha value is -3.89. The van der Waals surface area contributed by atoms with E-state index in [1.807, 2.05) is 32.1 Å². The highest BCUT2D eigenvalue weighted by atomic mass is 16.6. The Labute approximate surface area is 243 Å². The second-order valence-electron chi connectivity index (χ2n) is 11.0. The molecule has 0 saturated carbocycles. The summed E-state index contributed by atoms with van der Waals surface area (Å²) in [5.41, 5.74) is 2.40. The number of para-hydroxylation sites is 2. The van der Waals surface area contributed by atoms with E-state index in [4.69, 9.17) is 9.47 Å². The van der Waals surface area contributed by atoms with Gasteiger partial charge in [0, 0.05) is 44.0 Å². The second-order valence-corrected chi connectivity index (χ2v) is 11.0. The van der Waals surface area contributed by atoms with E-state index in [2.05, 4.69) is 20.9 Å². The minimum Gasteiger partial charge on any atom is -0.444 e. The Kier molecular flexibility index (Phi) is 11.7. The number of ether oxygens (including phenoxy) is 2. The molecular weight excluding hydrogens is 522 g/mol. The summed E-state index contributed by atoms with van der Waals surface area (Å²) in [5.74, 6) is -0.321. The van der Waals surface area contributed by atoms with E-state index in [-0.39, 0.29) is 11.9 Å². The van der Waals surface area contributed by atoms with Crippen LogP contribution in [0.5, 0.6) is 0 Å². The lowest BCUT2D eigenvalue weighted by Gasteiger charge is -2.28. The number of hydrogen-bond acceptors (Lipinski definition) is 6. The molecule has 3 rings (SSSR count). The molecule has 0 aromatic heterocycles. The summed E-state index contributed by atoms with van der Waals surface area (Å²) in [6, 6.07) is 13.9. The van der Waals surface area contributed by atoms with Gasteiger partial charge in [0.2, 0.25) is 0 Å². The van der Waals surface area contributed by atoms with Crippen LogP contribution in [0.1, 0.15) is 57.0 Å². The largest absolute Gasteiger partial charge is 0.444 e. The number of carbonyl (C=O) groups is 3. The SMILES string of the molecule is C/C=C(\C)NC(=O)N(CCCN1CCOCC1)Cc1ccc(C(=O)Nc2ccccc2NC(=O)OC(C)(C)C)cc1. The topological polar surface area (TPSA) is 112 Å². The molecule has 2 aromatic rings. The molecule has 0 aliphatic carbocycles. The normalized spacial score (nSPS) is 14.2. The van der Waals surface area contributed by atoms with Gasteiger partial charge >= 0.3 is 12.1 Å². The molecule has 4 amide bonds. The first-order valence-corrected chi connectivity index (χ1v) is 14.0. The van der Waals surface area contributed by atoms with Crippen molar-refractivity contribution in [1.82, 2.24) is 15.1 Å². The predicted octanol–water partition coefficient (Wildman–Crippen LogP) is 5.44. The number of rotatable bonds is 10. The quantitative estimate of drug-likeness (QED) is 0.354.